The molecule has 2 nitrogen and oxygen atoms in total. The van der Waals surface area contributed by atoms with Crippen LogP contribution in [0, 0.1) is 6.92 Å². The van der Waals surface area contributed by atoms with Gasteiger partial charge in [0.2, 0.25) is 0 Å². The normalized spacial score (nSPS) is 10.8. The zero-order valence-electron chi connectivity index (χ0n) is 12.1. The molecule has 0 aliphatic rings. The molecule has 0 N–H and O–H groups in total. The summed E-state index contributed by atoms with van der Waals surface area (Å²) in [6.45, 7) is 3.08. The first kappa shape index (κ1) is 13.6. The number of rotatable bonds is 4. The Morgan fingerprint density at radius 2 is 1.68 bits per heavy atom. The Bertz CT molecular complexity index is 544. The summed E-state index contributed by atoms with van der Waals surface area (Å²) in [6.07, 6.45) is 0. The summed E-state index contributed by atoms with van der Waals surface area (Å²) in [7, 11) is 5.89. The van der Waals surface area contributed by atoms with Gasteiger partial charge in [-0.15, -0.1) is 0 Å². The van der Waals surface area contributed by atoms with E-state index in [2.05, 4.69) is 56.3 Å². The number of nitrogens with zero attached hydrogens (tertiary/aromatic N) is 1. The first-order chi connectivity index (χ1) is 9.10. The average molecular weight is 255 g/mol. The summed E-state index contributed by atoms with van der Waals surface area (Å²) in [4.78, 5) is 2.20. The van der Waals surface area contributed by atoms with Crippen molar-refractivity contribution in [2.75, 3.05) is 21.2 Å². The zero-order chi connectivity index (χ0) is 13.8. The molecule has 0 spiro atoms. The number of hydrogen-bond donors (Lipinski definition) is 0. The van der Waals surface area contributed by atoms with E-state index < -0.39 is 0 Å². The second kappa shape index (κ2) is 5.89. The van der Waals surface area contributed by atoms with Crippen molar-refractivity contribution in [1.29, 1.82) is 0 Å². The fourth-order valence-electron chi connectivity index (χ4n) is 2.25. The van der Waals surface area contributed by atoms with E-state index in [-0.39, 0.29) is 0 Å². The molecule has 0 atom stereocenters. The van der Waals surface area contributed by atoms with Crippen LogP contribution in [0.25, 0.3) is 11.1 Å². The van der Waals surface area contributed by atoms with Crippen LogP contribution >= 0.6 is 0 Å². The van der Waals surface area contributed by atoms with Crippen LogP contribution in [0.2, 0.25) is 0 Å². The van der Waals surface area contributed by atoms with Gasteiger partial charge in [0.1, 0.15) is 5.75 Å². The van der Waals surface area contributed by atoms with Crippen molar-refractivity contribution in [3.05, 3.63) is 53.6 Å². The van der Waals surface area contributed by atoms with Gasteiger partial charge in [0, 0.05) is 6.54 Å². The first-order valence-electron chi connectivity index (χ1n) is 6.49. The summed E-state index contributed by atoms with van der Waals surface area (Å²) in [5.41, 5.74) is 5.18. The quantitative estimate of drug-likeness (QED) is 0.825. The van der Waals surface area contributed by atoms with E-state index in [4.69, 9.17) is 4.74 Å². The Morgan fingerprint density at radius 1 is 1.00 bits per heavy atom. The molecule has 0 aliphatic carbocycles. The molecule has 0 heterocycles. The molecular formula is C17H21NO. The lowest BCUT2D eigenvalue weighted by Gasteiger charge is -2.15. The third kappa shape index (κ3) is 3.36. The minimum Gasteiger partial charge on any atom is -0.497 e. The van der Waals surface area contributed by atoms with Crippen LogP contribution in [0.1, 0.15) is 11.1 Å². The molecule has 0 bridgehead atoms. The van der Waals surface area contributed by atoms with E-state index >= 15 is 0 Å². The second-order valence-corrected chi connectivity index (χ2v) is 5.13. The van der Waals surface area contributed by atoms with Crippen LogP contribution < -0.4 is 4.74 Å². The van der Waals surface area contributed by atoms with Crippen LogP contribution in [-0.2, 0) is 6.54 Å². The van der Waals surface area contributed by atoms with Gasteiger partial charge in [-0.05, 0) is 49.8 Å². The largest absolute Gasteiger partial charge is 0.497 e. The van der Waals surface area contributed by atoms with Crippen LogP contribution in [0.15, 0.2) is 42.5 Å². The van der Waals surface area contributed by atoms with E-state index in [9.17, 15) is 0 Å². The van der Waals surface area contributed by atoms with Crippen molar-refractivity contribution in [1.82, 2.24) is 4.90 Å². The van der Waals surface area contributed by atoms with E-state index in [0.29, 0.717) is 0 Å². The van der Waals surface area contributed by atoms with Crippen LogP contribution in [-0.4, -0.2) is 26.1 Å². The summed E-state index contributed by atoms with van der Waals surface area (Å²) in [5, 5.41) is 0. The van der Waals surface area contributed by atoms with Crippen LogP contribution in [0.5, 0.6) is 5.75 Å². The summed E-state index contributed by atoms with van der Waals surface area (Å²) < 4.78 is 5.21. The highest BCUT2D eigenvalue weighted by atomic mass is 16.5. The standard InChI is InChI=1S/C17H21NO/c1-13-5-10-17(15(11-13)12-18(2)3)14-6-8-16(19-4)9-7-14/h5-11H,12H2,1-4H3. The van der Waals surface area contributed by atoms with Gasteiger partial charge in [-0.1, -0.05) is 35.9 Å². The Balaban J connectivity index is 2.41. The molecule has 0 unspecified atom stereocenters. The Hall–Kier alpha value is -1.80. The Labute approximate surface area is 115 Å². The van der Waals surface area contributed by atoms with Gasteiger partial charge in [0.15, 0.2) is 0 Å². The van der Waals surface area contributed by atoms with Gasteiger partial charge in [-0.3, -0.25) is 0 Å². The van der Waals surface area contributed by atoms with Crippen molar-refractivity contribution in [2.45, 2.75) is 13.5 Å². The van der Waals surface area contributed by atoms with Crippen molar-refractivity contribution in [3.63, 3.8) is 0 Å². The molecule has 0 aromatic heterocycles. The molecule has 19 heavy (non-hydrogen) atoms. The monoisotopic (exact) mass is 255 g/mol. The van der Waals surface area contributed by atoms with Gasteiger partial charge >= 0.3 is 0 Å². The number of benzene rings is 2. The van der Waals surface area contributed by atoms with E-state index in [0.717, 1.165) is 12.3 Å². The third-order valence-electron chi connectivity index (χ3n) is 3.15. The summed E-state index contributed by atoms with van der Waals surface area (Å²) >= 11 is 0. The molecular weight excluding hydrogens is 234 g/mol. The van der Waals surface area contributed by atoms with Gasteiger partial charge in [-0.25, -0.2) is 0 Å². The molecule has 0 saturated heterocycles. The minimum atomic E-state index is 0.894. The van der Waals surface area contributed by atoms with E-state index in [1.165, 1.54) is 22.3 Å². The molecule has 2 aromatic carbocycles. The third-order valence-corrected chi connectivity index (χ3v) is 3.15. The lowest BCUT2D eigenvalue weighted by molar-refractivity contribution is 0.403. The van der Waals surface area contributed by atoms with E-state index in [1.807, 2.05) is 12.1 Å². The summed E-state index contributed by atoms with van der Waals surface area (Å²) in [5.74, 6) is 0.894. The Morgan fingerprint density at radius 3 is 2.26 bits per heavy atom. The van der Waals surface area contributed by atoms with Crippen molar-refractivity contribution in [3.8, 4) is 16.9 Å². The number of hydrogen-bond acceptors (Lipinski definition) is 2. The van der Waals surface area contributed by atoms with Crippen molar-refractivity contribution < 1.29 is 4.74 Å². The fraction of sp³-hybridized carbons (Fsp3) is 0.294. The maximum absolute atomic E-state index is 5.21. The topological polar surface area (TPSA) is 12.5 Å². The average Bonchev–Trinajstić information content (AvgIpc) is 2.38. The molecule has 2 aromatic rings. The molecule has 0 radical (unpaired) electrons. The predicted octanol–water partition coefficient (Wildman–Crippen LogP) is 3.73. The highest BCUT2D eigenvalue weighted by Gasteiger charge is 2.06. The minimum absolute atomic E-state index is 0.894. The molecule has 0 aliphatic heterocycles. The number of ether oxygens (including phenoxy) is 1. The smallest absolute Gasteiger partial charge is 0.118 e. The lowest BCUT2D eigenvalue weighted by atomic mass is 9.97. The number of aryl methyl sites for hydroxylation is 1. The molecule has 0 amide bonds. The maximum Gasteiger partial charge on any atom is 0.118 e. The Kier molecular flexibility index (Phi) is 4.23. The molecule has 2 heteroatoms. The van der Waals surface area contributed by atoms with Gasteiger partial charge in [-0.2, -0.15) is 0 Å². The second-order valence-electron chi connectivity index (χ2n) is 5.13. The van der Waals surface area contributed by atoms with Gasteiger partial charge in [0.05, 0.1) is 7.11 Å². The molecule has 100 valence electrons. The highest BCUT2D eigenvalue weighted by molar-refractivity contribution is 5.68. The predicted molar refractivity (Wildman–Crippen MR) is 80.6 cm³/mol. The fourth-order valence-corrected chi connectivity index (χ4v) is 2.25. The molecule has 2 rings (SSSR count). The number of methoxy groups -OCH3 is 1. The molecule has 0 saturated carbocycles. The SMILES string of the molecule is COc1ccc(-c2ccc(C)cc2CN(C)C)cc1. The molecule has 0 fully saturated rings. The summed E-state index contributed by atoms with van der Waals surface area (Å²) in [6, 6.07) is 14.9. The zero-order valence-corrected chi connectivity index (χ0v) is 12.1. The lowest BCUT2D eigenvalue weighted by Crippen LogP contribution is -2.11. The van der Waals surface area contributed by atoms with E-state index in [1.54, 1.807) is 7.11 Å². The maximum atomic E-state index is 5.21. The van der Waals surface area contributed by atoms with Gasteiger partial charge < -0.3 is 9.64 Å². The van der Waals surface area contributed by atoms with Crippen LogP contribution in [0.3, 0.4) is 0 Å². The van der Waals surface area contributed by atoms with Crippen molar-refractivity contribution >= 4 is 0 Å². The van der Waals surface area contributed by atoms with Crippen LogP contribution in [0.4, 0.5) is 0 Å². The van der Waals surface area contributed by atoms with Crippen molar-refractivity contribution in [2.24, 2.45) is 0 Å². The highest BCUT2D eigenvalue weighted by Crippen LogP contribution is 2.27. The van der Waals surface area contributed by atoms with Gasteiger partial charge in [0.25, 0.3) is 0 Å². The first-order valence-corrected chi connectivity index (χ1v) is 6.49.